The van der Waals surface area contributed by atoms with Gasteiger partial charge in [0.2, 0.25) is 17.7 Å². The highest BCUT2D eigenvalue weighted by molar-refractivity contribution is 5.85. The summed E-state index contributed by atoms with van der Waals surface area (Å²) in [6.45, 7) is 3.56. The van der Waals surface area contributed by atoms with Crippen LogP contribution in [0.5, 0.6) is 5.75 Å². The van der Waals surface area contributed by atoms with Crippen molar-refractivity contribution in [3.63, 3.8) is 0 Å². The summed E-state index contributed by atoms with van der Waals surface area (Å²) in [6, 6.07) is 8.24. The molecule has 2 aromatic rings. The molecule has 9 nitrogen and oxygen atoms in total. The van der Waals surface area contributed by atoms with E-state index in [2.05, 4.69) is 15.0 Å². The first kappa shape index (κ1) is 28.9. The predicted molar refractivity (Wildman–Crippen MR) is 143 cm³/mol. The number of carbonyl (C=O) groups is 2. The normalized spacial score (nSPS) is 16.8. The molecule has 2 fully saturated rings. The van der Waals surface area contributed by atoms with Crippen molar-refractivity contribution in [3.8, 4) is 5.75 Å². The number of rotatable bonds is 10. The van der Waals surface area contributed by atoms with E-state index in [0.717, 1.165) is 43.7 Å². The predicted octanol–water partition coefficient (Wildman–Crippen LogP) is 3.50. The first-order chi connectivity index (χ1) is 17.5. The Kier molecular flexibility index (Phi) is 11.2. The lowest BCUT2D eigenvalue weighted by Crippen LogP contribution is -2.48. The average Bonchev–Trinajstić information content (AvgIpc) is 3.38. The van der Waals surface area contributed by atoms with Gasteiger partial charge >= 0.3 is 0 Å². The van der Waals surface area contributed by atoms with Gasteiger partial charge in [0.25, 0.3) is 0 Å². The molecule has 1 aromatic heterocycles. The van der Waals surface area contributed by atoms with E-state index in [0.29, 0.717) is 56.7 Å². The fourth-order valence-corrected chi connectivity index (χ4v) is 5.08. The van der Waals surface area contributed by atoms with Crippen LogP contribution in [0.25, 0.3) is 0 Å². The zero-order valence-electron chi connectivity index (χ0n) is 22.1. The van der Waals surface area contributed by atoms with E-state index in [1.807, 2.05) is 41.1 Å². The molecule has 0 spiro atoms. The third-order valence-electron chi connectivity index (χ3n) is 7.46. The van der Waals surface area contributed by atoms with Crippen LogP contribution in [0.2, 0.25) is 0 Å². The summed E-state index contributed by atoms with van der Waals surface area (Å²) in [4.78, 5) is 35.8. The number of aromatic nitrogens is 2. The van der Waals surface area contributed by atoms with Gasteiger partial charge in [0.1, 0.15) is 5.75 Å². The molecule has 1 saturated heterocycles. The van der Waals surface area contributed by atoms with Crippen LogP contribution in [0, 0.1) is 0 Å². The van der Waals surface area contributed by atoms with Crippen molar-refractivity contribution in [2.75, 3.05) is 40.3 Å². The third-order valence-corrected chi connectivity index (χ3v) is 7.46. The molecule has 204 valence electrons. The Bertz CT molecular complexity index is 985. The fraction of sp³-hybridized carbons (Fsp3) is 0.630. The number of piperazine rings is 1. The van der Waals surface area contributed by atoms with Crippen molar-refractivity contribution in [2.24, 2.45) is 0 Å². The molecule has 2 amide bonds. The lowest BCUT2D eigenvalue weighted by Gasteiger charge is -2.34. The van der Waals surface area contributed by atoms with Gasteiger partial charge < -0.3 is 19.1 Å². The van der Waals surface area contributed by atoms with Crippen molar-refractivity contribution in [1.82, 2.24) is 24.8 Å². The Labute approximate surface area is 225 Å². The number of amides is 2. The summed E-state index contributed by atoms with van der Waals surface area (Å²) < 4.78 is 10.6. The minimum atomic E-state index is 0. The number of benzene rings is 1. The number of aryl methyl sites for hydroxylation is 2. The minimum absolute atomic E-state index is 0. The Balaban J connectivity index is 0.00000380. The van der Waals surface area contributed by atoms with E-state index in [4.69, 9.17) is 9.26 Å². The second-order valence-electron chi connectivity index (χ2n) is 9.91. The molecule has 2 heterocycles. The molecular weight excluding hydrogens is 494 g/mol. The molecule has 10 heteroatoms. The summed E-state index contributed by atoms with van der Waals surface area (Å²) in [5.74, 6) is 2.32. The Morgan fingerprint density at radius 3 is 2.41 bits per heavy atom. The summed E-state index contributed by atoms with van der Waals surface area (Å²) in [5.41, 5.74) is 1.14. The van der Waals surface area contributed by atoms with Gasteiger partial charge in [0, 0.05) is 58.5 Å². The first-order valence-corrected chi connectivity index (χ1v) is 13.2. The molecule has 1 saturated carbocycles. The highest BCUT2D eigenvalue weighted by Crippen LogP contribution is 2.22. The molecule has 0 unspecified atom stereocenters. The Hall–Kier alpha value is -2.65. The molecule has 0 atom stereocenters. The second kappa shape index (κ2) is 14.3. The molecule has 4 rings (SSSR count). The molecule has 1 aliphatic heterocycles. The van der Waals surface area contributed by atoms with Gasteiger partial charge in [-0.3, -0.25) is 14.5 Å². The van der Waals surface area contributed by atoms with Crippen LogP contribution in [-0.4, -0.2) is 83.0 Å². The van der Waals surface area contributed by atoms with Crippen molar-refractivity contribution >= 4 is 24.2 Å². The van der Waals surface area contributed by atoms with Crippen molar-refractivity contribution < 1.29 is 18.8 Å². The maximum absolute atomic E-state index is 12.7. The Morgan fingerprint density at radius 2 is 1.73 bits per heavy atom. The first-order valence-electron chi connectivity index (χ1n) is 13.2. The number of nitrogens with zero attached hydrogens (tertiary/aromatic N) is 5. The van der Waals surface area contributed by atoms with Crippen LogP contribution in [0.4, 0.5) is 0 Å². The molecule has 0 N–H and O–H groups in total. The molecule has 0 radical (unpaired) electrons. The van der Waals surface area contributed by atoms with Gasteiger partial charge in [-0.05, 0) is 37.0 Å². The quantitative estimate of drug-likeness (QED) is 0.461. The number of hydrogen-bond donors (Lipinski definition) is 0. The number of methoxy groups -OCH3 is 1. The lowest BCUT2D eigenvalue weighted by atomic mass is 9.94. The van der Waals surface area contributed by atoms with E-state index in [1.54, 1.807) is 7.11 Å². The lowest BCUT2D eigenvalue weighted by molar-refractivity contribution is -0.133. The van der Waals surface area contributed by atoms with Crippen LogP contribution in [0.15, 0.2) is 28.8 Å². The zero-order chi connectivity index (χ0) is 25.3. The smallest absolute Gasteiger partial charge is 0.227 e. The molecule has 0 bridgehead atoms. The molecule has 1 aliphatic carbocycles. The van der Waals surface area contributed by atoms with Crippen molar-refractivity contribution in [3.05, 3.63) is 41.5 Å². The average molecular weight is 534 g/mol. The molecule has 2 aliphatic rings. The minimum Gasteiger partial charge on any atom is -0.497 e. The highest BCUT2D eigenvalue weighted by Gasteiger charge is 2.24. The molecule has 1 aromatic carbocycles. The van der Waals surface area contributed by atoms with Gasteiger partial charge in [-0.25, -0.2) is 0 Å². The van der Waals surface area contributed by atoms with Gasteiger partial charge in [0.05, 0.1) is 13.7 Å². The van der Waals surface area contributed by atoms with E-state index in [-0.39, 0.29) is 24.2 Å². The number of halogens is 1. The van der Waals surface area contributed by atoms with Crippen LogP contribution < -0.4 is 4.74 Å². The van der Waals surface area contributed by atoms with E-state index >= 15 is 0 Å². The van der Waals surface area contributed by atoms with Crippen LogP contribution in [0.3, 0.4) is 0 Å². The van der Waals surface area contributed by atoms with Crippen molar-refractivity contribution in [2.45, 2.75) is 70.4 Å². The van der Waals surface area contributed by atoms with Crippen LogP contribution >= 0.6 is 12.4 Å². The van der Waals surface area contributed by atoms with Crippen molar-refractivity contribution in [1.29, 1.82) is 0 Å². The number of carbonyl (C=O) groups excluding carboxylic acids is 2. The second-order valence-corrected chi connectivity index (χ2v) is 9.91. The topological polar surface area (TPSA) is 92.0 Å². The number of ether oxygens (including phenoxy) is 1. The van der Waals surface area contributed by atoms with Gasteiger partial charge in [-0.1, -0.05) is 36.6 Å². The largest absolute Gasteiger partial charge is 0.497 e. The SMILES string of the molecule is COc1ccc(CCC(=O)N2CCN(Cc3noc(CCC(=O)N(C)C4CCCCC4)n3)CC2)cc1.Cl. The summed E-state index contributed by atoms with van der Waals surface area (Å²) >= 11 is 0. The summed E-state index contributed by atoms with van der Waals surface area (Å²) in [6.07, 6.45) is 8.01. The summed E-state index contributed by atoms with van der Waals surface area (Å²) in [7, 11) is 3.57. The maximum atomic E-state index is 12.7. The third kappa shape index (κ3) is 8.43. The monoisotopic (exact) mass is 533 g/mol. The highest BCUT2D eigenvalue weighted by atomic mass is 35.5. The van der Waals surface area contributed by atoms with Crippen LogP contribution in [0.1, 0.15) is 62.2 Å². The van der Waals surface area contributed by atoms with Crippen LogP contribution in [-0.2, 0) is 29.0 Å². The van der Waals surface area contributed by atoms with E-state index < -0.39 is 0 Å². The van der Waals surface area contributed by atoms with E-state index in [1.165, 1.54) is 19.3 Å². The fourth-order valence-electron chi connectivity index (χ4n) is 5.08. The van der Waals surface area contributed by atoms with Gasteiger partial charge in [-0.2, -0.15) is 4.98 Å². The molecular formula is C27H40ClN5O4. The standard InChI is InChI=1S/C27H39N5O4.ClH/c1-30(22-6-4-3-5-7-22)26(33)15-13-25-28-24(29-36-25)20-31-16-18-32(19-17-31)27(34)14-10-21-8-11-23(35-2)12-9-21;/h8-9,11-12,22H,3-7,10,13-20H2,1-2H3;1H. The van der Waals surface area contributed by atoms with E-state index in [9.17, 15) is 9.59 Å². The Morgan fingerprint density at radius 1 is 1.03 bits per heavy atom. The maximum Gasteiger partial charge on any atom is 0.227 e. The van der Waals surface area contributed by atoms with Gasteiger partial charge in [0.15, 0.2) is 5.82 Å². The van der Waals surface area contributed by atoms with Gasteiger partial charge in [-0.15, -0.1) is 12.4 Å². The summed E-state index contributed by atoms with van der Waals surface area (Å²) in [5, 5.41) is 4.11. The zero-order valence-corrected chi connectivity index (χ0v) is 22.9. The number of hydrogen-bond acceptors (Lipinski definition) is 7. The molecule has 37 heavy (non-hydrogen) atoms.